The summed E-state index contributed by atoms with van der Waals surface area (Å²) < 4.78 is 1.99. The van der Waals surface area contributed by atoms with E-state index in [2.05, 4.69) is 47.9 Å². The summed E-state index contributed by atoms with van der Waals surface area (Å²) in [5.41, 5.74) is 7.67. The second-order valence-corrected chi connectivity index (χ2v) is 7.99. The van der Waals surface area contributed by atoms with Crippen molar-refractivity contribution in [1.29, 1.82) is 0 Å². The Kier molecular flexibility index (Phi) is 3.54. The Morgan fingerprint density at radius 1 is 1.15 bits per heavy atom. The van der Waals surface area contributed by atoms with Gasteiger partial charge in [0.15, 0.2) is 0 Å². The quantitative estimate of drug-likeness (QED) is 0.704. The molecule has 27 heavy (non-hydrogen) atoms. The van der Waals surface area contributed by atoms with E-state index in [-0.39, 0.29) is 11.9 Å². The van der Waals surface area contributed by atoms with Crippen molar-refractivity contribution < 1.29 is 4.79 Å². The fourth-order valence-electron chi connectivity index (χ4n) is 4.14. The van der Waals surface area contributed by atoms with Crippen molar-refractivity contribution in [3.8, 4) is 11.1 Å². The molecule has 5 heteroatoms. The molecule has 1 fully saturated rings. The van der Waals surface area contributed by atoms with Crippen LogP contribution in [0.15, 0.2) is 30.3 Å². The number of nitrogens with zero attached hydrogens (tertiary/aromatic N) is 2. The van der Waals surface area contributed by atoms with Gasteiger partial charge in [0.2, 0.25) is 5.91 Å². The van der Waals surface area contributed by atoms with E-state index in [4.69, 9.17) is 5.10 Å². The number of hydrogen-bond acceptors (Lipinski definition) is 3. The molecule has 1 saturated carbocycles. The van der Waals surface area contributed by atoms with Crippen molar-refractivity contribution in [2.24, 2.45) is 7.05 Å². The molecule has 2 N–H and O–H groups in total. The molecule has 1 aromatic heterocycles. The smallest absolute Gasteiger partial charge is 0.226 e. The third-order valence-corrected chi connectivity index (χ3v) is 5.71. The molecule has 1 aliphatic carbocycles. The van der Waals surface area contributed by atoms with Gasteiger partial charge in [-0.2, -0.15) is 5.10 Å². The topological polar surface area (TPSA) is 59.0 Å². The van der Waals surface area contributed by atoms with Gasteiger partial charge in [-0.1, -0.05) is 18.2 Å². The first kappa shape index (κ1) is 16.4. The summed E-state index contributed by atoms with van der Waals surface area (Å²) >= 11 is 0. The molecule has 138 valence electrons. The lowest BCUT2D eigenvalue weighted by molar-refractivity contribution is -0.116. The first-order chi connectivity index (χ1) is 13.0. The highest BCUT2D eigenvalue weighted by atomic mass is 16.1. The monoisotopic (exact) mass is 360 g/mol. The summed E-state index contributed by atoms with van der Waals surface area (Å²) in [6.45, 7) is 4.09. The summed E-state index contributed by atoms with van der Waals surface area (Å²) in [4.78, 5) is 12.2. The van der Waals surface area contributed by atoms with Crippen LogP contribution in [0, 0.1) is 6.92 Å². The number of benzene rings is 2. The fourth-order valence-corrected chi connectivity index (χ4v) is 4.14. The number of hydrogen-bond donors (Lipinski definition) is 2. The van der Waals surface area contributed by atoms with Crippen molar-refractivity contribution in [2.75, 3.05) is 10.6 Å². The van der Waals surface area contributed by atoms with Crippen LogP contribution >= 0.6 is 0 Å². The van der Waals surface area contributed by atoms with Gasteiger partial charge in [-0.3, -0.25) is 9.48 Å². The number of carbonyl (C=O) groups is 1. The van der Waals surface area contributed by atoms with Crippen LogP contribution < -0.4 is 10.6 Å². The summed E-state index contributed by atoms with van der Waals surface area (Å²) in [5, 5.41) is 12.7. The molecule has 1 amide bonds. The molecule has 3 aromatic rings. The van der Waals surface area contributed by atoms with Crippen molar-refractivity contribution in [2.45, 2.75) is 45.1 Å². The molecule has 0 radical (unpaired) electrons. The maximum absolute atomic E-state index is 12.2. The molecular formula is C22H24N4O. The molecule has 1 aliphatic heterocycles. The molecule has 2 aliphatic rings. The average Bonchev–Trinajstić information content (AvgIpc) is 3.43. The Labute approximate surface area is 158 Å². The average molecular weight is 360 g/mol. The lowest BCUT2D eigenvalue weighted by Crippen LogP contribution is -2.19. The minimum Gasteiger partial charge on any atom is -0.380 e. The maximum Gasteiger partial charge on any atom is 0.226 e. The van der Waals surface area contributed by atoms with Gasteiger partial charge in [0.1, 0.15) is 0 Å². The van der Waals surface area contributed by atoms with Gasteiger partial charge in [-0.15, -0.1) is 0 Å². The second kappa shape index (κ2) is 5.84. The number of nitrogens with one attached hydrogen (secondary N) is 2. The summed E-state index contributed by atoms with van der Waals surface area (Å²) in [6.07, 6.45) is 2.95. The zero-order chi connectivity index (χ0) is 18.7. The molecule has 0 bridgehead atoms. The Morgan fingerprint density at radius 2 is 1.96 bits per heavy atom. The van der Waals surface area contributed by atoms with Crippen molar-refractivity contribution >= 4 is 28.2 Å². The third kappa shape index (κ3) is 2.69. The molecule has 0 spiro atoms. The zero-order valence-corrected chi connectivity index (χ0v) is 16.0. The van der Waals surface area contributed by atoms with E-state index >= 15 is 0 Å². The molecule has 0 unspecified atom stereocenters. The Bertz CT molecular complexity index is 1080. The number of aromatic nitrogens is 2. The molecular weight excluding hydrogens is 336 g/mol. The number of fused-ring (bicyclic) bond motifs is 2. The highest BCUT2D eigenvalue weighted by Gasteiger charge is 2.29. The molecule has 5 nitrogen and oxygen atoms in total. The SMILES string of the molecule is Cc1ccc(-c2ccc3c(c2)c(C2CC2)nn3C)c2c1NC(=O)C[C@@H](C)N2. The lowest BCUT2D eigenvalue weighted by atomic mass is 9.97. The van der Waals surface area contributed by atoms with E-state index < -0.39 is 0 Å². The van der Waals surface area contributed by atoms with Crippen LogP contribution in [0.4, 0.5) is 11.4 Å². The van der Waals surface area contributed by atoms with Gasteiger partial charge in [0.25, 0.3) is 0 Å². The summed E-state index contributed by atoms with van der Waals surface area (Å²) in [5.74, 6) is 0.671. The van der Waals surface area contributed by atoms with Crippen LogP contribution in [-0.2, 0) is 11.8 Å². The van der Waals surface area contributed by atoms with E-state index in [1.807, 2.05) is 18.7 Å². The van der Waals surface area contributed by atoms with Crippen molar-refractivity contribution in [3.05, 3.63) is 41.6 Å². The van der Waals surface area contributed by atoms with Gasteiger partial charge in [-0.05, 0) is 49.9 Å². The van der Waals surface area contributed by atoms with E-state index in [1.54, 1.807) is 0 Å². The van der Waals surface area contributed by atoms with E-state index in [0.29, 0.717) is 12.3 Å². The molecule has 2 heterocycles. The summed E-state index contributed by atoms with van der Waals surface area (Å²) in [6, 6.07) is 10.9. The van der Waals surface area contributed by atoms with Gasteiger partial charge in [0, 0.05) is 36.4 Å². The van der Waals surface area contributed by atoms with Crippen LogP contribution in [0.1, 0.15) is 43.4 Å². The number of aryl methyl sites for hydroxylation is 2. The normalized spacial score (nSPS) is 19.4. The first-order valence-electron chi connectivity index (χ1n) is 9.68. The molecule has 2 aromatic carbocycles. The van der Waals surface area contributed by atoms with Gasteiger partial charge in [-0.25, -0.2) is 0 Å². The van der Waals surface area contributed by atoms with Gasteiger partial charge < -0.3 is 10.6 Å². The molecule has 5 rings (SSSR count). The fraction of sp³-hybridized carbons (Fsp3) is 0.364. The van der Waals surface area contributed by atoms with E-state index in [1.165, 1.54) is 29.4 Å². The van der Waals surface area contributed by atoms with Crippen LogP contribution in [0.25, 0.3) is 22.0 Å². The second-order valence-electron chi connectivity index (χ2n) is 7.99. The number of amides is 1. The number of anilines is 2. The predicted octanol–water partition coefficient (Wildman–Crippen LogP) is 4.57. The maximum atomic E-state index is 12.2. The van der Waals surface area contributed by atoms with E-state index in [0.717, 1.165) is 28.1 Å². The van der Waals surface area contributed by atoms with Crippen molar-refractivity contribution in [1.82, 2.24) is 9.78 Å². The zero-order valence-electron chi connectivity index (χ0n) is 16.0. The first-order valence-corrected chi connectivity index (χ1v) is 9.68. The Morgan fingerprint density at radius 3 is 2.74 bits per heavy atom. The predicted molar refractivity (Wildman–Crippen MR) is 109 cm³/mol. The third-order valence-electron chi connectivity index (χ3n) is 5.71. The van der Waals surface area contributed by atoms with Gasteiger partial charge >= 0.3 is 0 Å². The Balaban J connectivity index is 1.70. The van der Waals surface area contributed by atoms with Gasteiger partial charge in [0.05, 0.1) is 22.6 Å². The molecule has 1 atom stereocenters. The minimum atomic E-state index is 0.0627. The standard InChI is InChI=1S/C22H24N4O/c1-12-4-8-16(22-20(12)24-19(27)10-13(2)23-22)15-7-9-18-17(11-15)21(14-5-6-14)25-26(18)3/h4,7-9,11,13-14,23H,5-6,10H2,1-3H3,(H,24,27)/t13-/m1/s1. The minimum absolute atomic E-state index is 0.0627. The van der Waals surface area contributed by atoms with E-state index in [9.17, 15) is 4.79 Å². The Hall–Kier alpha value is -2.82. The number of carbonyl (C=O) groups excluding carboxylic acids is 1. The van der Waals surface area contributed by atoms with Crippen LogP contribution in [-0.4, -0.2) is 21.7 Å². The van der Waals surface area contributed by atoms with Crippen LogP contribution in [0.5, 0.6) is 0 Å². The number of rotatable bonds is 2. The molecule has 0 saturated heterocycles. The highest BCUT2D eigenvalue weighted by Crippen LogP contribution is 2.44. The van der Waals surface area contributed by atoms with Crippen molar-refractivity contribution in [3.63, 3.8) is 0 Å². The van der Waals surface area contributed by atoms with Crippen LogP contribution in [0.3, 0.4) is 0 Å². The highest BCUT2D eigenvalue weighted by molar-refractivity contribution is 6.02. The van der Waals surface area contributed by atoms with Crippen LogP contribution in [0.2, 0.25) is 0 Å². The lowest BCUT2D eigenvalue weighted by Gasteiger charge is -2.18. The summed E-state index contributed by atoms with van der Waals surface area (Å²) in [7, 11) is 2.02. The largest absolute Gasteiger partial charge is 0.380 e.